The van der Waals surface area contributed by atoms with Crippen molar-refractivity contribution in [1.29, 1.82) is 0 Å². The van der Waals surface area contributed by atoms with E-state index in [1.807, 2.05) is 0 Å². The van der Waals surface area contributed by atoms with Gasteiger partial charge in [-0.1, -0.05) is 18.2 Å². The highest BCUT2D eigenvalue weighted by Crippen LogP contribution is 2.33. The molecule has 1 amide bonds. The molecule has 1 aliphatic rings. The number of anilines is 1. The lowest BCUT2D eigenvalue weighted by Gasteiger charge is -2.27. The fourth-order valence-corrected chi connectivity index (χ4v) is 2.90. The number of fused-ring (bicyclic) bond motifs is 1. The van der Waals surface area contributed by atoms with E-state index >= 15 is 0 Å². The monoisotopic (exact) mass is 376 g/mol. The van der Waals surface area contributed by atoms with Crippen LogP contribution in [0.3, 0.4) is 0 Å². The lowest BCUT2D eigenvalue weighted by Crippen LogP contribution is -2.38. The Hall–Kier alpha value is -3.36. The summed E-state index contributed by atoms with van der Waals surface area (Å²) >= 11 is 0. The quantitative estimate of drug-likeness (QED) is 0.668. The van der Waals surface area contributed by atoms with E-state index in [0.29, 0.717) is 5.56 Å². The normalized spacial score (nSPS) is 16.4. The van der Waals surface area contributed by atoms with Crippen molar-refractivity contribution in [2.45, 2.75) is 12.3 Å². The van der Waals surface area contributed by atoms with Gasteiger partial charge in [0.25, 0.3) is 5.91 Å². The predicted molar refractivity (Wildman–Crippen MR) is 88.8 cm³/mol. The molecule has 0 spiro atoms. The van der Waals surface area contributed by atoms with Crippen LogP contribution in [-0.4, -0.2) is 15.7 Å². The molecule has 0 saturated carbocycles. The van der Waals surface area contributed by atoms with Crippen LogP contribution in [0.25, 0.3) is 5.69 Å². The Morgan fingerprint density at radius 1 is 1.04 bits per heavy atom. The highest BCUT2D eigenvalue weighted by Gasteiger charge is 2.32. The van der Waals surface area contributed by atoms with Gasteiger partial charge in [0.05, 0.1) is 17.4 Å². The van der Waals surface area contributed by atoms with E-state index in [4.69, 9.17) is 0 Å². The van der Waals surface area contributed by atoms with E-state index in [0.717, 1.165) is 12.1 Å². The van der Waals surface area contributed by atoms with Crippen LogP contribution in [0.4, 0.5) is 23.4 Å². The molecule has 3 aromatic rings. The number of nitrogens with zero attached hydrogens (tertiary/aromatic N) is 2. The second kappa shape index (κ2) is 6.11. The lowest BCUT2D eigenvalue weighted by molar-refractivity contribution is -0.137. The molecule has 2 aromatic carbocycles. The van der Waals surface area contributed by atoms with Crippen LogP contribution >= 0.6 is 0 Å². The summed E-state index contributed by atoms with van der Waals surface area (Å²) in [6.07, 6.45) is -3.99. The van der Waals surface area contributed by atoms with E-state index < -0.39 is 29.6 Å². The Morgan fingerprint density at radius 3 is 2.56 bits per heavy atom. The highest BCUT2D eigenvalue weighted by molar-refractivity contribution is 6.01. The summed E-state index contributed by atoms with van der Waals surface area (Å²) in [5, 5.41) is 9.70. The van der Waals surface area contributed by atoms with Crippen molar-refractivity contribution in [2.75, 3.05) is 5.32 Å². The van der Waals surface area contributed by atoms with Crippen LogP contribution in [0.5, 0.6) is 0 Å². The number of carbonyl (C=O) groups is 1. The second-order valence-corrected chi connectivity index (χ2v) is 5.97. The van der Waals surface area contributed by atoms with Crippen molar-refractivity contribution in [3.8, 4) is 5.69 Å². The summed E-state index contributed by atoms with van der Waals surface area (Å²) in [4.78, 5) is 12.3. The maximum Gasteiger partial charge on any atom is 0.416 e. The third-order valence-electron chi connectivity index (χ3n) is 4.17. The fraction of sp³-hybridized carbons (Fsp3) is 0.111. The molecule has 1 atom stereocenters. The average molecular weight is 376 g/mol. The number of hydrogen-bond acceptors (Lipinski definition) is 3. The van der Waals surface area contributed by atoms with Crippen molar-refractivity contribution in [1.82, 2.24) is 15.1 Å². The summed E-state index contributed by atoms with van der Waals surface area (Å²) < 4.78 is 53.7. The van der Waals surface area contributed by atoms with Gasteiger partial charge in [0, 0.05) is 0 Å². The Bertz CT molecular complexity index is 1030. The van der Waals surface area contributed by atoms with Gasteiger partial charge in [-0.25, -0.2) is 9.07 Å². The molecular weight excluding hydrogens is 364 g/mol. The van der Waals surface area contributed by atoms with Gasteiger partial charge in [0.2, 0.25) is 0 Å². The topological polar surface area (TPSA) is 59.0 Å². The van der Waals surface area contributed by atoms with Crippen LogP contribution in [-0.2, 0) is 6.18 Å². The number of carbonyl (C=O) groups excluding carboxylic acids is 1. The number of aromatic nitrogens is 2. The average Bonchev–Trinajstić information content (AvgIpc) is 3.06. The number of nitrogens with one attached hydrogen (secondary N) is 2. The summed E-state index contributed by atoms with van der Waals surface area (Å²) in [7, 11) is 0. The third kappa shape index (κ3) is 3.12. The van der Waals surface area contributed by atoms with E-state index in [1.165, 1.54) is 41.2 Å². The van der Waals surface area contributed by atoms with E-state index in [9.17, 15) is 22.4 Å². The van der Waals surface area contributed by atoms with Crippen LogP contribution in [0, 0.1) is 5.82 Å². The zero-order valence-corrected chi connectivity index (χ0v) is 13.6. The highest BCUT2D eigenvalue weighted by atomic mass is 19.4. The SMILES string of the molecule is O=C1N[C@H](c2cccc(F)c2)Nc2c1cnn2-c1cccc(C(F)(F)F)c1. The Kier molecular flexibility index (Phi) is 3.87. The predicted octanol–water partition coefficient (Wildman–Crippen LogP) is 3.88. The zero-order chi connectivity index (χ0) is 19.2. The molecule has 1 aromatic heterocycles. The van der Waals surface area contributed by atoms with Crippen molar-refractivity contribution in [3.05, 3.63) is 77.2 Å². The first-order valence-electron chi connectivity index (χ1n) is 7.91. The maximum absolute atomic E-state index is 13.5. The van der Waals surface area contributed by atoms with Crippen molar-refractivity contribution in [2.24, 2.45) is 0 Å². The fourth-order valence-electron chi connectivity index (χ4n) is 2.90. The first-order chi connectivity index (χ1) is 12.8. The van der Waals surface area contributed by atoms with Crippen molar-refractivity contribution < 1.29 is 22.4 Å². The first-order valence-corrected chi connectivity index (χ1v) is 7.91. The molecule has 0 fully saturated rings. The van der Waals surface area contributed by atoms with Crippen LogP contribution in [0.2, 0.25) is 0 Å². The number of halogens is 4. The van der Waals surface area contributed by atoms with Gasteiger partial charge in [-0.3, -0.25) is 4.79 Å². The van der Waals surface area contributed by atoms with E-state index in [1.54, 1.807) is 6.07 Å². The zero-order valence-electron chi connectivity index (χ0n) is 13.6. The van der Waals surface area contributed by atoms with Gasteiger partial charge in [0.1, 0.15) is 23.4 Å². The molecular formula is C18H12F4N4O. The summed E-state index contributed by atoms with van der Waals surface area (Å²) in [5.74, 6) is -0.704. The molecule has 138 valence electrons. The van der Waals surface area contributed by atoms with Gasteiger partial charge in [-0.15, -0.1) is 0 Å². The van der Waals surface area contributed by atoms with Crippen LogP contribution in [0.15, 0.2) is 54.7 Å². The molecule has 2 heterocycles. The summed E-state index contributed by atoms with van der Waals surface area (Å²) in [6, 6.07) is 10.3. The van der Waals surface area contributed by atoms with Crippen molar-refractivity contribution >= 4 is 11.7 Å². The summed E-state index contributed by atoms with van der Waals surface area (Å²) in [5.41, 5.74) is -0.0386. The number of amides is 1. The van der Waals surface area contributed by atoms with Gasteiger partial charge < -0.3 is 10.6 Å². The number of benzene rings is 2. The number of rotatable bonds is 2. The summed E-state index contributed by atoms with van der Waals surface area (Å²) in [6.45, 7) is 0. The van der Waals surface area contributed by atoms with Gasteiger partial charge in [0.15, 0.2) is 0 Å². The van der Waals surface area contributed by atoms with E-state index in [-0.39, 0.29) is 17.1 Å². The van der Waals surface area contributed by atoms with Crippen LogP contribution < -0.4 is 10.6 Å². The van der Waals surface area contributed by atoms with Crippen LogP contribution in [0.1, 0.15) is 27.7 Å². The molecule has 2 N–H and O–H groups in total. The molecule has 0 bridgehead atoms. The minimum Gasteiger partial charge on any atom is -0.345 e. The molecule has 0 aliphatic carbocycles. The first kappa shape index (κ1) is 17.1. The molecule has 1 aliphatic heterocycles. The van der Waals surface area contributed by atoms with E-state index in [2.05, 4.69) is 15.7 Å². The minimum absolute atomic E-state index is 0.145. The molecule has 5 nitrogen and oxygen atoms in total. The maximum atomic E-state index is 13.5. The molecule has 0 unspecified atom stereocenters. The minimum atomic E-state index is -4.50. The smallest absolute Gasteiger partial charge is 0.345 e. The Labute approximate surface area is 150 Å². The molecule has 9 heteroatoms. The molecule has 0 radical (unpaired) electrons. The molecule has 27 heavy (non-hydrogen) atoms. The second-order valence-electron chi connectivity index (χ2n) is 5.97. The van der Waals surface area contributed by atoms with Gasteiger partial charge in [-0.05, 0) is 35.9 Å². The van der Waals surface area contributed by atoms with Gasteiger partial charge >= 0.3 is 6.18 Å². The van der Waals surface area contributed by atoms with Crippen molar-refractivity contribution in [3.63, 3.8) is 0 Å². The standard InChI is InChI=1S/C18H12F4N4O/c19-12-5-1-3-10(7-12)15-24-16-14(17(27)25-15)9-23-26(16)13-6-2-4-11(8-13)18(20,21)22/h1-9,15,24H,(H,25,27)/t15-/m1/s1. The van der Waals surface area contributed by atoms with Gasteiger partial charge in [-0.2, -0.15) is 18.3 Å². The Morgan fingerprint density at radius 2 is 1.81 bits per heavy atom. The third-order valence-corrected chi connectivity index (χ3v) is 4.17. The largest absolute Gasteiger partial charge is 0.416 e. The number of hydrogen-bond donors (Lipinski definition) is 2. The molecule has 0 saturated heterocycles. The number of alkyl halides is 3. The lowest BCUT2D eigenvalue weighted by atomic mass is 10.1. The molecule has 4 rings (SSSR count). The Balaban J connectivity index is 1.75.